The van der Waals surface area contributed by atoms with Crippen molar-refractivity contribution in [2.45, 2.75) is 38.1 Å². The van der Waals surface area contributed by atoms with Gasteiger partial charge in [0.05, 0.1) is 11.2 Å². The normalized spacial score (nSPS) is 14.8. The SMILES string of the molecule is Cc1cc(C)c(S(=O)(=O)NC[C@@H](c2ccco2)N2CCc3ccccc32)c(C)c1. The van der Waals surface area contributed by atoms with Crippen LogP contribution in [-0.4, -0.2) is 21.5 Å². The number of para-hydroxylation sites is 1. The van der Waals surface area contributed by atoms with E-state index in [9.17, 15) is 8.42 Å². The van der Waals surface area contributed by atoms with Gasteiger partial charge in [-0.25, -0.2) is 13.1 Å². The van der Waals surface area contributed by atoms with Gasteiger partial charge < -0.3 is 9.32 Å². The Morgan fingerprint density at radius 3 is 2.48 bits per heavy atom. The second kappa shape index (κ2) is 7.69. The number of furan rings is 1. The lowest BCUT2D eigenvalue weighted by Gasteiger charge is -2.29. The fourth-order valence-electron chi connectivity index (χ4n) is 4.38. The molecule has 4 rings (SSSR count). The van der Waals surface area contributed by atoms with Crippen molar-refractivity contribution < 1.29 is 12.8 Å². The van der Waals surface area contributed by atoms with Crippen LogP contribution in [0.5, 0.6) is 0 Å². The largest absolute Gasteiger partial charge is 0.467 e. The van der Waals surface area contributed by atoms with Crippen LogP contribution < -0.4 is 9.62 Å². The molecule has 0 unspecified atom stereocenters. The van der Waals surface area contributed by atoms with E-state index in [1.165, 1.54) is 5.56 Å². The summed E-state index contributed by atoms with van der Waals surface area (Å²) in [7, 11) is -3.65. The second-order valence-corrected chi connectivity index (χ2v) is 9.39. The van der Waals surface area contributed by atoms with Crippen LogP contribution in [0.2, 0.25) is 0 Å². The van der Waals surface area contributed by atoms with Crippen molar-refractivity contribution >= 4 is 15.7 Å². The summed E-state index contributed by atoms with van der Waals surface area (Å²) >= 11 is 0. The minimum atomic E-state index is -3.65. The third-order valence-corrected chi connectivity index (χ3v) is 7.24. The van der Waals surface area contributed by atoms with Gasteiger partial charge in [0.15, 0.2) is 0 Å². The zero-order valence-corrected chi connectivity index (χ0v) is 17.8. The molecule has 0 amide bonds. The standard InChI is InChI=1S/C23H26N2O3S/c1-16-13-17(2)23(18(3)14-16)29(26,27)24-15-21(22-9-6-12-28-22)25-11-10-19-7-4-5-8-20(19)25/h4-9,12-14,21,24H,10-11,15H2,1-3H3/t21-/m0/s1. The number of benzene rings is 2. The smallest absolute Gasteiger partial charge is 0.241 e. The summed E-state index contributed by atoms with van der Waals surface area (Å²) in [6.45, 7) is 6.72. The third-order valence-electron chi connectivity index (χ3n) is 5.51. The Morgan fingerprint density at radius 2 is 1.79 bits per heavy atom. The average molecular weight is 411 g/mol. The third kappa shape index (κ3) is 3.82. The van der Waals surface area contributed by atoms with Gasteiger partial charge in [-0.3, -0.25) is 0 Å². The van der Waals surface area contributed by atoms with Gasteiger partial charge in [-0.05, 0) is 62.1 Å². The first-order chi connectivity index (χ1) is 13.9. The quantitative estimate of drug-likeness (QED) is 0.659. The molecule has 2 heterocycles. The molecule has 1 aliphatic heterocycles. The van der Waals surface area contributed by atoms with Crippen molar-refractivity contribution in [1.82, 2.24) is 4.72 Å². The van der Waals surface area contributed by atoms with E-state index in [1.807, 2.05) is 57.2 Å². The topological polar surface area (TPSA) is 62.6 Å². The highest BCUT2D eigenvalue weighted by Crippen LogP contribution is 2.35. The van der Waals surface area contributed by atoms with Crippen LogP contribution in [0.4, 0.5) is 5.69 Å². The first-order valence-corrected chi connectivity index (χ1v) is 11.3. The summed E-state index contributed by atoms with van der Waals surface area (Å²) in [5.41, 5.74) is 4.99. The van der Waals surface area contributed by atoms with Gasteiger partial charge in [0.25, 0.3) is 0 Å². The van der Waals surface area contributed by atoms with Gasteiger partial charge >= 0.3 is 0 Å². The van der Waals surface area contributed by atoms with E-state index in [2.05, 4.69) is 21.8 Å². The summed E-state index contributed by atoms with van der Waals surface area (Å²) in [4.78, 5) is 2.59. The number of anilines is 1. The Hall–Kier alpha value is -2.57. The first-order valence-electron chi connectivity index (χ1n) is 9.82. The summed E-state index contributed by atoms with van der Waals surface area (Å²) in [5.74, 6) is 0.752. The van der Waals surface area contributed by atoms with E-state index >= 15 is 0 Å². The highest BCUT2D eigenvalue weighted by molar-refractivity contribution is 7.89. The minimum Gasteiger partial charge on any atom is -0.467 e. The molecule has 0 fully saturated rings. The van der Waals surface area contributed by atoms with Crippen LogP contribution >= 0.6 is 0 Å². The van der Waals surface area contributed by atoms with Crippen molar-refractivity contribution in [3.63, 3.8) is 0 Å². The van der Waals surface area contributed by atoms with Crippen molar-refractivity contribution in [2.75, 3.05) is 18.0 Å². The van der Waals surface area contributed by atoms with Crippen LogP contribution in [-0.2, 0) is 16.4 Å². The molecule has 1 aromatic heterocycles. The van der Waals surface area contributed by atoms with E-state index in [4.69, 9.17) is 4.42 Å². The minimum absolute atomic E-state index is 0.213. The number of nitrogens with one attached hydrogen (secondary N) is 1. The first kappa shape index (κ1) is 19.7. The Morgan fingerprint density at radius 1 is 1.07 bits per heavy atom. The van der Waals surface area contributed by atoms with E-state index < -0.39 is 10.0 Å². The maximum atomic E-state index is 13.2. The number of sulfonamides is 1. The monoisotopic (exact) mass is 410 g/mol. The van der Waals surface area contributed by atoms with Crippen molar-refractivity contribution in [2.24, 2.45) is 0 Å². The molecule has 0 bridgehead atoms. The van der Waals surface area contributed by atoms with Crippen molar-refractivity contribution in [3.8, 4) is 0 Å². The Labute approximate surface area is 172 Å². The molecular weight excluding hydrogens is 384 g/mol. The molecule has 3 aromatic rings. The molecule has 0 saturated heterocycles. The maximum Gasteiger partial charge on any atom is 0.241 e. The zero-order valence-electron chi connectivity index (χ0n) is 17.0. The van der Waals surface area contributed by atoms with Crippen molar-refractivity contribution in [1.29, 1.82) is 0 Å². The molecule has 0 saturated carbocycles. The molecule has 1 aliphatic rings. The molecule has 29 heavy (non-hydrogen) atoms. The number of fused-ring (bicyclic) bond motifs is 1. The summed E-state index contributed by atoms with van der Waals surface area (Å²) in [5, 5.41) is 0. The zero-order chi connectivity index (χ0) is 20.6. The van der Waals surface area contributed by atoms with E-state index in [1.54, 1.807) is 6.26 Å². The number of rotatable bonds is 6. The van der Waals surface area contributed by atoms with Crippen LogP contribution in [0.15, 0.2) is 64.1 Å². The fourth-order valence-corrected chi connectivity index (χ4v) is 5.87. The van der Waals surface area contributed by atoms with Crippen LogP contribution in [0.3, 0.4) is 0 Å². The Balaban J connectivity index is 1.64. The number of aryl methyl sites for hydroxylation is 3. The molecule has 2 aromatic carbocycles. The maximum absolute atomic E-state index is 13.2. The molecule has 5 nitrogen and oxygen atoms in total. The van der Waals surface area contributed by atoms with Gasteiger partial charge in [-0.1, -0.05) is 35.9 Å². The highest BCUT2D eigenvalue weighted by atomic mass is 32.2. The summed E-state index contributed by atoms with van der Waals surface area (Å²) in [6.07, 6.45) is 2.57. The van der Waals surface area contributed by atoms with E-state index in [0.717, 1.165) is 41.1 Å². The fraction of sp³-hybridized carbons (Fsp3) is 0.304. The van der Waals surface area contributed by atoms with E-state index in [0.29, 0.717) is 4.90 Å². The predicted molar refractivity (Wildman–Crippen MR) is 115 cm³/mol. The van der Waals surface area contributed by atoms with Crippen LogP contribution in [0.25, 0.3) is 0 Å². The predicted octanol–water partition coefficient (Wildman–Crippen LogP) is 4.29. The molecule has 1 atom stereocenters. The number of nitrogens with zero attached hydrogens (tertiary/aromatic N) is 1. The van der Waals surface area contributed by atoms with Gasteiger partial charge in [0.1, 0.15) is 11.8 Å². The molecule has 1 N–H and O–H groups in total. The van der Waals surface area contributed by atoms with Crippen LogP contribution in [0.1, 0.15) is 34.1 Å². The van der Waals surface area contributed by atoms with Gasteiger partial charge in [-0.2, -0.15) is 0 Å². The number of hydrogen-bond donors (Lipinski definition) is 1. The molecule has 0 spiro atoms. The molecule has 6 heteroatoms. The summed E-state index contributed by atoms with van der Waals surface area (Å²) < 4.78 is 34.8. The second-order valence-electron chi connectivity index (χ2n) is 7.68. The lowest BCUT2D eigenvalue weighted by Crippen LogP contribution is -2.37. The lowest BCUT2D eigenvalue weighted by atomic mass is 10.1. The Kier molecular flexibility index (Phi) is 5.23. The number of hydrogen-bond acceptors (Lipinski definition) is 4. The molecule has 152 valence electrons. The van der Waals surface area contributed by atoms with Crippen LogP contribution in [0, 0.1) is 20.8 Å². The van der Waals surface area contributed by atoms with Gasteiger partial charge in [0, 0.05) is 18.8 Å². The van der Waals surface area contributed by atoms with E-state index in [-0.39, 0.29) is 12.6 Å². The average Bonchev–Trinajstić information content (AvgIpc) is 3.31. The lowest BCUT2D eigenvalue weighted by molar-refractivity contribution is 0.447. The Bertz CT molecular complexity index is 1100. The van der Waals surface area contributed by atoms with Crippen molar-refractivity contribution in [3.05, 3.63) is 82.8 Å². The summed E-state index contributed by atoms with van der Waals surface area (Å²) in [6, 6.07) is 15.6. The molecule has 0 radical (unpaired) electrons. The van der Waals surface area contributed by atoms with Gasteiger partial charge in [-0.15, -0.1) is 0 Å². The molecular formula is C23H26N2O3S. The van der Waals surface area contributed by atoms with Gasteiger partial charge in [0.2, 0.25) is 10.0 Å². The molecule has 0 aliphatic carbocycles. The highest BCUT2D eigenvalue weighted by Gasteiger charge is 2.30.